The molecular weight excluding hydrogens is 592 g/mol. The van der Waals surface area contributed by atoms with Crippen LogP contribution < -0.4 is 14.4 Å². The summed E-state index contributed by atoms with van der Waals surface area (Å²) in [7, 11) is 2.91. The predicted molar refractivity (Wildman–Crippen MR) is 165 cm³/mol. The maximum absolute atomic E-state index is 14.5. The number of nitrogens with zero attached hydrogens (tertiary/aromatic N) is 2. The number of ether oxygens (including phenoxy) is 2. The van der Waals surface area contributed by atoms with E-state index >= 15 is 0 Å². The number of carboxylic acids is 1. The van der Waals surface area contributed by atoms with Crippen LogP contribution in [0, 0.1) is 29.1 Å². The molecule has 6 rings (SSSR count). The van der Waals surface area contributed by atoms with E-state index in [0.29, 0.717) is 36.3 Å². The lowest BCUT2D eigenvalue weighted by atomic mass is 9.51. The lowest BCUT2D eigenvalue weighted by molar-refractivity contribution is -0.141. The van der Waals surface area contributed by atoms with Crippen molar-refractivity contribution >= 4 is 35.3 Å². The molecule has 11 nitrogen and oxygen atoms in total. The average molecular weight is 631 g/mol. The zero-order valence-electron chi connectivity index (χ0n) is 26.1. The first-order chi connectivity index (χ1) is 22.0. The molecule has 3 fully saturated rings. The van der Waals surface area contributed by atoms with Crippen LogP contribution in [-0.2, 0) is 24.0 Å². The third-order valence-corrected chi connectivity index (χ3v) is 10.5. The molecule has 0 radical (unpaired) electrons. The Morgan fingerprint density at radius 2 is 1.70 bits per heavy atom. The van der Waals surface area contributed by atoms with Gasteiger partial charge in [-0.3, -0.25) is 28.9 Å². The number of methoxy groups -OCH3 is 2. The summed E-state index contributed by atoms with van der Waals surface area (Å²) in [4.78, 5) is 69.8. The SMILES string of the molecule is COc1cc(O)c(C2C3=CCC4C(=O)N(CCCCCC(=O)O)C(=O)C4C3CC3C(=O)N(c4ccccc4)C(=O)C32C)c(OC)c1. The number of imide groups is 2. The van der Waals surface area contributed by atoms with Crippen molar-refractivity contribution in [2.45, 2.75) is 51.4 Å². The molecule has 2 N–H and O–H groups in total. The van der Waals surface area contributed by atoms with Gasteiger partial charge >= 0.3 is 5.97 Å². The summed E-state index contributed by atoms with van der Waals surface area (Å²) in [6, 6.07) is 11.8. The van der Waals surface area contributed by atoms with E-state index in [2.05, 4.69) is 0 Å². The van der Waals surface area contributed by atoms with Crippen molar-refractivity contribution in [3.05, 3.63) is 59.7 Å². The summed E-state index contributed by atoms with van der Waals surface area (Å²) in [5, 5.41) is 20.4. The van der Waals surface area contributed by atoms with E-state index in [4.69, 9.17) is 14.6 Å². The molecule has 6 unspecified atom stereocenters. The Balaban J connectivity index is 1.43. The van der Waals surface area contributed by atoms with Gasteiger partial charge in [0.15, 0.2) is 0 Å². The number of phenolic OH excluding ortho intramolecular Hbond substituents is 1. The lowest BCUT2D eigenvalue weighted by Gasteiger charge is -2.49. The van der Waals surface area contributed by atoms with E-state index in [1.165, 1.54) is 30.1 Å². The molecule has 2 heterocycles. The van der Waals surface area contributed by atoms with Crippen molar-refractivity contribution in [2.75, 3.05) is 25.7 Å². The number of aromatic hydroxyl groups is 1. The maximum Gasteiger partial charge on any atom is 0.303 e. The number of hydrogen-bond donors (Lipinski definition) is 2. The normalized spacial score (nSPS) is 28.5. The van der Waals surface area contributed by atoms with Crippen molar-refractivity contribution in [1.29, 1.82) is 0 Å². The van der Waals surface area contributed by atoms with E-state index in [0.717, 1.165) is 5.57 Å². The van der Waals surface area contributed by atoms with Gasteiger partial charge < -0.3 is 19.7 Å². The Kier molecular flexibility index (Phi) is 8.12. The quantitative estimate of drug-likeness (QED) is 0.223. The molecule has 0 aromatic heterocycles. The number of phenols is 1. The smallest absolute Gasteiger partial charge is 0.303 e. The van der Waals surface area contributed by atoms with Crippen LogP contribution >= 0.6 is 0 Å². The minimum absolute atomic E-state index is 0.0262. The van der Waals surface area contributed by atoms with Gasteiger partial charge in [-0.15, -0.1) is 0 Å². The molecule has 4 aliphatic rings. The zero-order valence-corrected chi connectivity index (χ0v) is 26.1. The number of anilines is 1. The molecule has 2 saturated heterocycles. The minimum Gasteiger partial charge on any atom is -0.507 e. The second-order valence-corrected chi connectivity index (χ2v) is 12.8. The van der Waals surface area contributed by atoms with Crippen molar-refractivity contribution in [2.24, 2.45) is 29.1 Å². The van der Waals surface area contributed by atoms with E-state index in [1.54, 1.807) is 43.3 Å². The van der Waals surface area contributed by atoms with Crippen molar-refractivity contribution in [3.8, 4) is 17.2 Å². The van der Waals surface area contributed by atoms with E-state index < -0.39 is 46.9 Å². The molecule has 2 aliphatic heterocycles. The van der Waals surface area contributed by atoms with Crippen LogP contribution in [0.2, 0.25) is 0 Å². The van der Waals surface area contributed by atoms with Crippen LogP contribution in [0.15, 0.2) is 54.1 Å². The summed E-state index contributed by atoms with van der Waals surface area (Å²) in [5.41, 5.74) is 0.165. The Morgan fingerprint density at radius 3 is 2.37 bits per heavy atom. The Hall–Kier alpha value is -4.67. The van der Waals surface area contributed by atoms with Gasteiger partial charge in [-0.2, -0.15) is 0 Å². The highest BCUT2D eigenvalue weighted by atomic mass is 16.5. The maximum atomic E-state index is 14.5. The van der Waals surface area contributed by atoms with Gasteiger partial charge in [-0.1, -0.05) is 36.3 Å². The van der Waals surface area contributed by atoms with Gasteiger partial charge in [-0.25, -0.2) is 4.90 Å². The van der Waals surface area contributed by atoms with Crippen LogP contribution in [0.1, 0.15) is 56.9 Å². The number of para-hydroxylation sites is 1. The number of carbonyl (C=O) groups excluding carboxylic acids is 4. The van der Waals surface area contributed by atoms with Gasteiger partial charge in [0.25, 0.3) is 0 Å². The van der Waals surface area contributed by atoms with E-state index in [-0.39, 0.29) is 55.0 Å². The number of unbranched alkanes of at least 4 members (excludes halogenated alkanes) is 2. The fourth-order valence-corrected chi connectivity index (χ4v) is 8.32. The van der Waals surface area contributed by atoms with Gasteiger partial charge in [-0.05, 0) is 50.7 Å². The van der Waals surface area contributed by atoms with Crippen LogP contribution in [0.4, 0.5) is 5.69 Å². The lowest BCUT2D eigenvalue weighted by Crippen LogP contribution is -2.49. The predicted octanol–water partition coefficient (Wildman–Crippen LogP) is 4.29. The third kappa shape index (κ3) is 4.75. The highest BCUT2D eigenvalue weighted by Gasteiger charge is 2.68. The van der Waals surface area contributed by atoms with Gasteiger partial charge in [0.1, 0.15) is 17.2 Å². The number of aliphatic carboxylic acids is 1. The molecule has 11 heteroatoms. The second kappa shape index (κ2) is 11.9. The van der Waals surface area contributed by atoms with Crippen LogP contribution in [0.5, 0.6) is 17.2 Å². The number of rotatable bonds is 10. The van der Waals surface area contributed by atoms with Gasteiger partial charge in [0.05, 0.1) is 43.1 Å². The Morgan fingerprint density at radius 1 is 0.957 bits per heavy atom. The fraction of sp³-hybridized carbons (Fsp3) is 0.457. The monoisotopic (exact) mass is 630 g/mol. The summed E-state index contributed by atoms with van der Waals surface area (Å²) in [6.07, 6.45) is 3.93. The molecule has 2 aliphatic carbocycles. The standard InChI is InChI=1S/C35H38N2O9/c1-35-24(32(42)37(34(35)44)19-10-6-4-7-11-19)18-23-21(30(35)29-25(38)16-20(45-2)17-26(29)46-3)13-14-22-28(23)33(43)36(31(22)41)15-9-5-8-12-27(39)40/h4,6-7,10-11,13,16-17,22-24,28,30,38H,5,8-9,12,14-15,18H2,1-3H3,(H,39,40). The van der Waals surface area contributed by atoms with Crippen LogP contribution in [-0.4, -0.2) is 65.5 Å². The second-order valence-electron chi connectivity index (χ2n) is 12.8. The summed E-state index contributed by atoms with van der Waals surface area (Å²) < 4.78 is 11.1. The largest absolute Gasteiger partial charge is 0.507 e. The Bertz CT molecular complexity index is 1640. The van der Waals surface area contributed by atoms with E-state index in [9.17, 15) is 29.1 Å². The molecule has 4 amide bonds. The van der Waals surface area contributed by atoms with Gasteiger partial charge in [0, 0.05) is 36.6 Å². The summed E-state index contributed by atoms with van der Waals surface area (Å²) >= 11 is 0. The minimum atomic E-state index is -1.34. The fourth-order valence-electron chi connectivity index (χ4n) is 8.32. The molecule has 6 atom stereocenters. The molecule has 46 heavy (non-hydrogen) atoms. The van der Waals surface area contributed by atoms with Crippen molar-refractivity contribution in [1.82, 2.24) is 4.90 Å². The zero-order chi connectivity index (χ0) is 32.9. The molecule has 2 aromatic rings. The first-order valence-electron chi connectivity index (χ1n) is 15.7. The Labute approximate surface area is 266 Å². The number of carbonyl (C=O) groups is 5. The number of carboxylic acid groups (broad SMARTS) is 1. The highest BCUT2D eigenvalue weighted by Crippen LogP contribution is 2.65. The van der Waals surface area contributed by atoms with Crippen molar-refractivity contribution < 1.29 is 43.7 Å². The molecule has 0 bridgehead atoms. The topological polar surface area (TPSA) is 151 Å². The molecule has 0 spiro atoms. The molecular formula is C35H38N2O9. The van der Waals surface area contributed by atoms with Crippen LogP contribution in [0.3, 0.4) is 0 Å². The molecule has 242 valence electrons. The highest BCUT2D eigenvalue weighted by molar-refractivity contribution is 6.24. The molecule has 2 aromatic carbocycles. The molecule has 1 saturated carbocycles. The number of amides is 4. The summed E-state index contributed by atoms with van der Waals surface area (Å²) in [6.45, 7) is 1.95. The first-order valence-corrected chi connectivity index (χ1v) is 15.7. The van der Waals surface area contributed by atoms with Gasteiger partial charge in [0.2, 0.25) is 23.6 Å². The number of benzene rings is 2. The average Bonchev–Trinajstić information content (AvgIpc) is 3.40. The van der Waals surface area contributed by atoms with Crippen molar-refractivity contribution in [3.63, 3.8) is 0 Å². The number of hydrogen-bond acceptors (Lipinski definition) is 8. The number of fused-ring (bicyclic) bond motifs is 4. The first kappa shape index (κ1) is 31.3. The summed E-state index contributed by atoms with van der Waals surface area (Å²) in [5.74, 6) is -5.34. The van der Waals surface area contributed by atoms with Crippen LogP contribution in [0.25, 0.3) is 0 Å². The number of allylic oxidation sites excluding steroid dienone is 2. The number of likely N-dealkylation sites (tertiary alicyclic amines) is 1. The third-order valence-electron chi connectivity index (χ3n) is 10.5. The van der Waals surface area contributed by atoms with E-state index in [1.807, 2.05) is 6.08 Å².